The normalized spacial score (nSPS) is 10.4. The van der Waals surface area contributed by atoms with Crippen molar-refractivity contribution in [2.75, 3.05) is 6.61 Å². The first-order valence-corrected chi connectivity index (χ1v) is 7.48. The van der Waals surface area contributed by atoms with Gasteiger partial charge in [-0.15, -0.1) is 0 Å². The number of hydrogen-bond acceptors (Lipinski definition) is 4. The summed E-state index contributed by atoms with van der Waals surface area (Å²) in [6.07, 6.45) is 0. The fourth-order valence-electron chi connectivity index (χ4n) is 2.31. The number of amides is 1. The van der Waals surface area contributed by atoms with Crippen molar-refractivity contribution in [1.29, 1.82) is 0 Å². The van der Waals surface area contributed by atoms with Crippen molar-refractivity contribution in [3.63, 3.8) is 0 Å². The van der Waals surface area contributed by atoms with Crippen molar-refractivity contribution in [2.45, 2.75) is 20.4 Å². The highest BCUT2D eigenvalue weighted by Gasteiger charge is 2.20. The molecule has 0 aliphatic rings. The van der Waals surface area contributed by atoms with Crippen LogP contribution in [0.3, 0.4) is 0 Å². The maximum Gasteiger partial charge on any atom is 0.339 e. The van der Waals surface area contributed by atoms with E-state index in [1.807, 2.05) is 12.1 Å². The van der Waals surface area contributed by atoms with Crippen molar-refractivity contribution >= 4 is 23.5 Å². The molecule has 6 nitrogen and oxygen atoms in total. The molecular weight excluding hydrogens is 318 g/mol. The van der Waals surface area contributed by atoms with Crippen molar-refractivity contribution in [3.8, 4) is 11.3 Å². The van der Waals surface area contributed by atoms with Crippen LogP contribution in [0.2, 0.25) is 5.02 Å². The van der Waals surface area contributed by atoms with E-state index in [1.165, 1.54) is 0 Å². The Bertz CT molecular complexity index is 723. The fourth-order valence-corrected chi connectivity index (χ4v) is 2.44. The van der Waals surface area contributed by atoms with Gasteiger partial charge in [-0.3, -0.25) is 10.2 Å². The molecule has 1 aromatic carbocycles. The molecule has 0 bridgehead atoms. The van der Waals surface area contributed by atoms with Crippen LogP contribution in [0.4, 0.5) is 0 Å². The van der Waals surface area contributed by atoms with Crippen LogP contribution in [0.1, 0.15) is 23.0 Å². The summed E-state index contributed by atoms with van der Waals surface area (Å²) in [7, 11) is 0. The van der Waals surface area contributed by atoms with Gasteiger partial charge in [-0.25, -0.2) is 10.6 Å². The number of rotatable bonds is 5. The number of esters is 1. The Morgan fingerprint density at radius 3 is 2.52 bits per heavy atom. The van der Waals surface area contributed by atoms with Crippen LogP contribution in [-0.2, 0) is 16.1 Å². The zero-order chi connectivity index (χ0) is 17.0. The van der Waals surface area contributed by atoms with Crippen LogP contribution in [0.15, 0.2) is 30.3 Å². The number of aromatic nitrogens is 1. The van der Waals surface area contributed by atoms with E-state index in [1.54, 1.807) is 36.6 Å². The SMILES string of the molecule is CCOC(=O)c1cc(-c2ccc(Cl)cc2)n(CC(=O)NN)c1C. The molecule has 2 aromatic rings. The quantitative estimate of drug-likeness (QED) is 0.380. The number of carbonyl (C=O) groups is 2. The van der Waals surface area contributed by atoms with Gasteiger partial charge in [-0.2, -0.15) is 0 Å². The molecular formula is C16H18ClN3O3. The Hall–Kier alpha value is -2.31. The van der Waals surface area contributed by atoms with Gasteiger partial charge in [-0.05, 0) is 37.6 Å². The first-order valence-electron chi connectivity index (χ1n) is 7.10. The van der Waals surface area contributed by atoms with E-state index < -0.39 is 5.97 Å². The van der Waals surface area contributed by atoms with E-state index in [0.717, 1.165) is 5.56 Å². The molecule has 3 N–H and O–H groups in total. The molecule has 0 spiro atoms. The average molecular weight is 336 g/mol. The number of ether oxygens (including phenoxy) is 1. The van der Waals surface area contributed by atoms with Crippen molar-refractivity contribution in [3.05, 3.63) is 46.6 Å². The van der Waals surface area contributed by atoms with Gasteiger partial charge in [0, 0.05) is 16.4 Å². The van der Waals surface area contributed by atoms with E-state index in [-0.39, 0.29) is 19.1 Å². The first-order chi connectivity index (χ1) is 11.0. The van der Waals surface area contributed by atoms with Gasteiger partial charge in [0.1, 0.15) is 6.54 Å². The lowest BCUT2D eigenvalue weighted by Crippen LogP contribution is -2.33. The Labute approximate surface area is 139 Å². The second-order valence-electron chi connectivity index (χ2n) is 4.91. The molecule has 1 aromatic heterocycles. The highest BCUT2D eigenvalue weighted by atomic mass is 35.5. The highest BCUT2D eigenvalue weighted by Crippen LogP contribution is 2.27. The standard InChI is InChI=1S/C16H18ClN3O3/c1-3-23-16(22)13-8-14(11-4-6-12(17)7-5-11)20(10(13)2)9-15(21)19-18/h4-8H,3,9,18H2,1-2H3,(H,19,21). The van der Waals surface area contributed by atoms with Gasteiger partial charge < -0.3 is 9.30 Å². The van der Waals surface area contributed by atoms with Crippen molar-refractivity contribution < 1.29 is 14.3 Å². The molecule has 0 aliphatic carbocycles. The number of benzene rings is 1. The third kappa shape index (κ3) is 3.72. The molecule has 23 heavy (non-hydrogen) atoms. The number of carbonyl (C=O) groups excluding carboxylic acids is 2. The molecule has 0 aliphatic heterocycles. The minimum atomic E-state index is -0.424. The average Bonchev–Trinajstić information content (AvgIpc) is 2.85. The monoisotopic (exact) mass is 335 g/mol. The first kappa shape index (κ1) is 17.1. The van der Waals surface area contributed by atoms with E-state index in [0.29, 0.717) is 22.0 Å². The van der Waals surface area contributed by atoms with Gasteiger partial charge in [0.15, 0.2) is 0 Å². The summed E-state index contributed by atoms with van der Waals surface area (Å²) in [5.74, 6) is 4.38. The molecule has 2 rings (SSSR count). The van der Waals surface area contributed by atoms with E-state index in [2.05, 4.69) is 5.43 Å². The molecule has 0 saturated carbocycles. The Balaban J connectivity index is 2.54. The zero-order valence-electron chi connectivity index (χ0n) is 12.9. The van der Waals surface area contributed by atoms with Gasteiger partial charge in [0.2, 0.25) is 0 Å². The predicted octanol–water partition coefficient (Wildman–Crippen LogP) is 2.28. The van der Waals surface area contributed by atoms with Gasteiger partial charge in [0.05, 0.1) is 12.2 Å². The van der Waals surface area contributed by atoms with Crippen LogP contribution in [0, 0.1) is 6.92 Å². The molecule has 7 heteroatoms. The summed E-state index contributed by atoms with van der Waals surface area (Å²) < 4.78 is 6.78. The second kappa shape index (κ2) is 7.30. The van der Waals surface area contributed by atoms with Gasteiger partial charge in [-0.1, -0.05) is 23.7 Å². The fraction of sp³-hybridized carbons (Fsp3) is 0.250. The van der Waals surface area contributed by atoms with Crippen LogP contribution < -0.4 is 11.3 Å². The van der Waals surface area contributed by atoms with Gasteiger partial charge in [0.25, 0.3) is 5.91 Å². The number of nitrogens with two attached hydrogens (primary N) is 1. The Morgan fingerprint density at radius 1 is 1.30 bits per heavy atom. The maximum atomic E-state index is 12.1. The van der Waals surface area contributed by atoms with Gasteiger partial charge >= 0.3 is 5.97 Å². The molecule has 0 saturated heterocycles. The minimum Gasteiger partial charge on any atom is -0.462 e. The number of hydrogen-bond donors (Lipinski definition) is 2. The largest absolute Gasteiger partial charge is 0.462 e. The van der Waals surface area contributed by atoms with Crippen molar-refractivity contribution in [2.24, 2.45) is 5.84 Å². The third-order valence-corrected chi connectivity index (χ3v) is 3.72. The Kier molecular flexibility index (Phi) is 5.41. The topological polar surface area (TPSA) is 86.3 Å². The summed E-state index contributed by atoms with van der Waals surface area (Å²) in [6.45, 7) is 3.78. The predicted molar refractivity (Wildman–Crippen MR) is 87.9 cm³/mol. The summed E-state index contributed by atoms with van der Waals surface area (Å²) >= 11 is 5.91. The van der Waals surface area contributed by atoms with Crippen LogP contribution in [0.5, 0.6) is 0 Å². The lowest BCUT2D eigenvalue weighted by atomic mass is 10.1. The number of halogens is 1. The maximum absolute atomic E-state index is 12.1. The smallest absolute Gasteiger partial charge is 0.339 e. The van der Waals surface area contributed by atoms with E-state index in [4.69, 9.17) is 22.2 Å². The molecule has 1 heterocycles. The molecule has 1 amide bonds. The molecule has 0 radical (unpaired) electrons. The van der Waals surface area contributed by atoms with E-state index in [9.17, 15) is 9.59 Å². The van der Waals surface area contributed by atoms with Crippen LogP contribution in [0.25, 0.3) is 11.3 Å². The Morgan fingerprint density at radius 2 is 1.96 bits per heavy atom. The summed E-state index contributed by atoms with van der Waals surface area (Å²) in [6, 6.07) is 8.85. The zero-order valence-corrected chi connectivity index (χ0v) is 13.7. The third-order valence-electron chi connectivity index (χ3n) is 3.46. The lowest BCUT2D eigenvalue weighted by molar-refractivity contribution is -0.121. The molecule has 0 fully saturated rings. The summed E-state index contributed by atoms with van der Waals surface area (Å²) in [5.41, 5.74) is 4.69. The molecule has 122 valence electrons. The van der Waals surface area contributed by atoms with Crippen molar-refractivity contribution in [1.82, 2.24) is 9.99 Å². The summed E-state index contributed by atoms with van der Waals surface area (Å²) in [5, 5.41) is 0.605. The van der Waals surface area contributed by atoms with E-state index >= 15 is 0 Å². The number of hydrazine groups is 1. The minimum absolute atomic E-state index is 0.000300. The molecule has 0 unspecified atom stereocenters. The van der Waals surface area contributed by atoms with Crippen LogP contribution >= 0.6 is 11.6 Å². The lowest BCUT2D eigenvalue weighted by Gasteiger charge is -2.11. The molecule has 0 atom stereocenters. The highest BCUT2D eigenvalue weighted by molar-refractivity contribution is 6.30. The number of nitrogens with zero attached hydrogens (tertiary/aromatic N) is 1. The second-order valence-corrected chi connectivity index (χ2v) is 5.35. The number of nitrogens with one attached hydrogen (secondary N) is 1. The van der Waals surface area contributed by atoms with Crippen LogP contribution in [-0.4, -0.2) is 23.1 Å². The summed E-state index contributed by atoms with van der Waals surface area (Å²) in [4.78, 5) is 23.8.